The van der Waals surface area contributed by atoms with E-state index >= 15 is 0 Å². The van der Waals surface area contributed by atoms with Gasteiger partial charge < -0.3 is 20.3 Å². The number of nitrogens with one attached hydrogen (secondary N) is 2. The van der Waals surface area contributed by atoms with Crippen LogP contribution in [-0.4, -0.2) is 73.5 Å². The Kier molecular flexibility index (Phi) is 8.75. The fourth-order valence-corrected chi connectivity index (χ4v) is 6.35. The van der Waals surface area contributed by atoms with Crippen molar-refractivity contribution in [3.63, 3.8) is 0 Å². The first-order valence-corrected chi connectivity index (χ1v) is 14.8. The van der Waals surface area contributed by atoms with Gasteiger partial charge in [-0.3, -0.25) is 14.7 Å². The average Bonchev–Trinajstić information content (AvgIpc) is 3.56. The van der Waals surface area contributed by atoms with Crippen molar-refractivity contribution < 1.29 is 9.53 Å². The van der Waals surface area contributed by atoms with Gasteiger partial charge in [0.05, 0.1) is 11.8 Å². The van der Waals surface area contributed by atoms with Crippen LogP contribution in [0.3, 0.4) is 0 Å². The van der Waals surface area contributed by atoms with Crippen molar-refractivity contribution in [1.29, 1.82) is 0 Å². The summed E-state index contributed by atoms with van der Waals surface area (Å²) in [4.78, 5) is 22.2. The van der Waals surface area contributed by atoms with Gasteiger partial charge in [0.2, 0.25) is 16.2 Å². The minimum absolute atomic E-state index is 0.0102. The highest BCUT2D eigenvalue weighted by Gasteiger charge is 2.36. The maximum atomic E-state index is 12.9. The van der Waals surface area contributed by atoms with Crippen molar-refractivity contribution >= 4 is 33.3 Å². The number of hydrogen-bond acceptors (Lipinski definition) is 11. The van der Waals surface area contributed by atoms with Crippen LogP contribution in [0.5, 0.6) is 5.75 Å². The van der Waals surface area contributed by atoms with Crippen molar-refractivity contribution in [3.05, 3.63) is 42.4 Å². The van der Waals surface area contributed by atoms with E-state index in [4.69, 9.17) is 4.74 Å². The summed E-state index contributed by atoms with van der Waals surface area (Å²) in [6.07, 6.45) is 6.93. The molecule has 2 fully saturated rings. The number of piperidine rings is 1. The van der Waals surface area contributed by atoms with Crippen molar-refractivity contribution in [3.8, 4) is 5.75 Å². The van der Waals surface area contributed by atoms with Gasteiger partial charge >= 0.3 is 0 Å². The molecule has 1 amide bonds. The Morgan fingerprint density at radius 1 is 1.12 bits per heavy atom. The van der Waals surface area contributed by atoms with E-state index in [1.807, 2.05) is 44.3 Å². The van der Waals surface area contributed by atoms with Gasteiger partial charge in [0.25, 0.3) is 0 Å². The van der Waals surface area contributed by atoms with Gasteiger partial charge in [-0.05, 0) is 83.7 Å². The normalized spacial score (nSPS) is 21.0. The first-order chi connectivity index (χ1) is 19.2. The number of amides is 1. The minimum Gasteiger partial charge on any atom is -0.489 e. The first-order valence-electron chi connectivity index (χ1n) is 14.0. The second-order valence-electron chi connectivity index (χ2n) is 11.5. The minimum atomic E-state index is -0.0594. The lowest BCUT2D eigenvalue weighted by atomic mass is 9.80. The third-order valence-electron chi connectivity index (χ3n) is 7.55. The van der Waals surface area contributed by atoms with Gasteiger partial charge in [0.15, 0.2) is 5.82 Å². The second kappa shape index (κ2) is 12.4. The van der Waals surface area contributed by atoms with Gasteiger partial charge in [-0.25, -0.2) is 0 Å². The predicted octanol–water partition coefficient (Wildman–Crippen LogP) is 4.22. The number of anilines is 3. The van der Waals surface area contributed by atoms with Crippen LogP contribution in [0.15, 0.2) is 36.7 Å². The number of rotatable bonds is 10. The molecule has 2 N–H and O–H groups in total. The maximum absolute atomic E-state index is 12.9. The topological polar surface area (TPSA) is 121 Å². The van der Waals surface area contributed by atoms with Crippen LogP contribution >= 0.6 is 11.3 Å². The molecule has 0 radical (unpaired) electrons. The lowest BCUT2D eigenvalue weighted by molar-refractivity contribution is -0.117. The SMILES string of the molecule is CC(C)Oc1cccnc1CN1CCC(CC(=O)Nc2nnc(N[C@@H]3CCN(c4cccnn4)C3)s2)CC1(C)C. The highest BCUT2D eigenvalue weighted by atomic mass is 32.1. The number of hydrogen-bond donors (Lipinski definition) is 2. The van der Waals surface area contributed by atoms with Crippen LogP contribution < -0.4 is 20.3 Å². The first kappa shape index (κ1) is 28.2. The molecule has 2 saturated heterocycles. The third kappa shape index (κ3) is 7.22. The van der Waals surface area contributed by atoms with Crippen LogP contribution in [0.2, 0.25) is 0 Å². The number of likely N-dealkylation sites (tertiary alicyclic amines) is 1. The average molecular weight is 566 g/mol. The zero-order valence-corrected chi connectivity index (χ0v) is 24.5. The summed E-state index contributed by atoms with van der Waals surface area (Å²) < 4.78 is 5.98. The van der Waals surface area contributed by atoms with Crippen LogP contribution in [0, 0.1) is 5.92 Å². The van der Waals surface area contributed by atoms with E-state index < -0.39 is 0 Å². The maximum Gasteiger partial charge on any atom is 0.226 e. The van der Waals surface area contributed by atoms with E-state index in [9.17, 15) is 4.79 Å². The van der Waals surface area contributed by atoms with E-state index in [-0.39, 0.29) is 23.6 Å². The molecule has 3 aromatic rings. The largest absolute Gasteiger partial charge is 0.489 e. The van der Waals surface area contributed by atoms with E-state index in [1.165, 1.54) is 11.3 Å². The molecule has 0 spiro atoms. The Labute approximate surface area is 239 Å². The lowest BCUT2D eigenvalue weighted by Crippen LogP contribution is -2.50. The molecule has 12 heteroatoms. The van der Waals surface area contributed by atoms with Crippen molar-refractivity contribution in [2.24, 2.45) is 5.92 Å². The number of pyridine rings is 1. The van der Waals surface area contributed by atoms with Crippen molar-refractivity contribution in [1.82, 2.24) is 30.3 Å². The molecule has 0 saturated carbocycles. The Morgan fingerprint density at radius 2 is 1.95 bits per heavy atom. The summed E-state index contributed by atoms with van der Waals surface area (Å²) in [5.74, 6) is 2.02. The summed E-state index contributed by atoms with van der Waals surface area (Å²) in [6.45, 7) is 11.9. The highest BCUT2D eigenvalue weighted by Crippen LogP contribution is 2.35. The number of nitrogens with zero attached hydrogens (tertiary/aromatic N) is 7. The van der Waals surface area contributed by atoms with E-state index in [0.29, 0.717) is 22.6 Å². The Morgan fingerprint density at radius 3 is 2.73 bits per heavy atom. The van der Waals surface area contributed by atoms with Crippen LogP contribution in [0.25, 0.3) is 0 Å². The van der Waals surface area contributed by atoms with Gasteiger partial charge in [-0.2, -0.15) is 5.10 Å². The number of carbonyl (C=O) groups excluding carboxylic acids is 1. The molecule has 1 unspecified atom stereocenters. The summed E-state index contributed by atoms with van der Waals surface area (Å²) in [5, 5.41) is 24.3. The molecule has 0 bridgehead atoms. The standard InChI is InChI=1S/C28H39N9O2S/c1-19(2)39-23-7-5-11-29-22(23)18-37-14-9-20(16-28(37,3)4)15-25(38)32-27-35-34-26(40-27)31-21-10-13-36(17-21)24-8-6-12-30-33-24/h5-8,11-12,19-21H,9-10,13-18H2,1-4H3,(H,31,34)(H,32,35,38)/t20?,21-/m1/s1. The van der Waals surface area contributed by atoms with E-state index in [1.54, 1.807) is 6.20 Å². The molecule has 0 aliphatic carbocycles. The summed E-state index contributed by atoms with van der Waals surface area (Å²) in [7, 11) is 0. The zero-order chi connectivity index (χ0) is 28.1. The quantitative estimate of drug-likeness (QED) is 0.370. The van der Waals surface area contributed by atoms with Crippen LogP contribution in [0.1, 0.15) is 59.1 Å². The molecule has 0 aromatic carbocycles. The summed E-state index contributed by atoms with van der Waals surface area (Å²) in [5.41, 5.74) is 0.899. The third-order valence-corrected chi connectivity index (χ3v) is 8.32. The predicted molar refractivity (Wildman–Crippen MR) is 157 cm³/mol. The molecule has 2 aliphatic heterocycles. The molecular weight excluding hydrogens is 526 g/mol. The molecule has 11 nitrogen and oxygen atoms in total. The van der Waals surface area contributed by atoms with Crippen molar-refractivity contribution in [2.75, 3.05) is 35.2 Å². The van der Waals surface area contributed by atoms with Gasteiger partial charge in [0, 0.05) is 50.0 Å². The summed E-state index contributed by atoms with van der Waals surface area (Å²) in [6, 6.07) is 8.01. The molecule has 3 aromatic heterocycles. The lowest BCUT2D eigenvalue weighted by Gasteiger charge is -2.45. The number of aromatic nitrogens is 5. The zero-order valence-electron chi connectivity index (χ0n) is 23.7. The molecule has 2 atom stereocenters. The highest BCUT2D eigenvalue weighted by molar-refractivity contribution is 7.19. The Balaban J connectivity index is 1.09. The van der Waals surface area contributed by atoms with E-state index in [0.717, 1.165) is 62.7 Å². The van der Waals surface area contributed by atoms with E-state index in [2.05, 4.69) is 59.7 Å². The fourth-order valence-electron chi connectivity index (χ4n) is 5.62. The molecule has 5 heterocycles. The van der Waals surface area contributed by atoms with Gasteiger partial charge in [0.1, 0.15) is 5.75 Å². The Bertz CT molecular complexity index is 1270. The molecule has 5 rings (SSSR count). The fraction of sp³-hybridized carbons (Fsp3) is 0.571. The van der Waals surface area contributed by atoms with Crippen LogP contribution in [0.4, 0.5) is 16.1 Å². The van der Waals surface area contributed by atoms with Crippen LogP contribution in [-0.2, 0) is 11.3 Å². The number of ether oxygens (including phenoxy) is 1. The number of carbonyl (C=O) groups is 1. The van der Waals surface area contributed by atoms with Gasteiger partial charge in [-0.1, -0.05) is 11.3 Å². The smallest absolute Gasteiger partial charge is 0.226 e. The molecule has 40 heavy (non-hydrogen) atoms. The molecule has 2 aliphatic rings. The second-order valence-corrected chi connectivity index (χ2v) is 12.5. The van der Waals surface area contributed by atoms with Gasteiger partial charge in [-0.15, -0.1) is 15.3 Å². The molecular formula is C28H39N9O2S. The van der Waals surface area contributed by atoms with Crippen molar-refractivity contribution in [2.45, 2.75) is 77.6 Å². The molecule has 214 valence electrons. The monoisotopic (exact) mass is 565 g/mol. The Hall–Kier alpha value is -3.38. The summed E-state index contributed by atoms with van der Waals surface area (Å²) >= 11 is 1.38.